The van der Waals surface area contributed by atoms with Crippen molar-refractivity contribution in [3.63, 3.8) is 0 Å². The first-order valence-corrected chi connectivity index (χ1v) is 8.68. The monoisotopic (exact) mass is 416 g/mol. The van der Waals surface area contributed by atoms with Gasteiger partial charge in [-0.3, -0.25) is 9.59 Å². The summed E-state index contributed by atoms with van der Waals surface area (Å²) in [7, 11) is 1.40. The van der Waals surface area contributed by atoms with Crippen LogP contribution >= 0.6 is 11.6 Å². The molecule has 0 aliphatic rings. The van der Waals surface area contributed by atoms with Gasteiger partial charge >= 0.3 is 5.97 Å². The van der Waals surface area contributed by atoms with E-state index in [0.717, 1.165) is 0 Å². The van der Waals surface area contributed by atoms with Crippen molar-refractivity contribution in [2.75, 3.05) is 25.6 Å². The molecule has 0 unspecified atom stereocenters. The number of carbonyl (C=O) groups is 3. The van der Waals surface area contributed by atoms with E-state index in [-0.39, 0.29) is 28.5 Å². The molecule has 8 nitrogen and oxygen atoms in total. The Morgan fingerprint density at radius 3 is 2.52 bits per heavy atom. The summed E-state index contributed by atoms with van der Waals surface area (Å²) in [6.45, 7) is 0.379. The fourth-order valence-corrected chi connectivity index (χ4v) is 2.41. The fraction of sp³-hybridized carbons (Fsp3) is 0.200. The summed E-state index contributed by atoms with van der Waals surface area (Å²) in [5.74, 6) is -1.03. The quantitative estimate of drug-likeness (QED) is 0.519. The maximum absolute atomic E-state index is 11.9. The first kappa shape index (κ1) is 21.7. The van der Waals surface area contributed by atoms with Gasteiger partial charge in [-0.2, -0.15) is 5.26 Å². The number of anilines is 1. The molecule has 0 aliphatic heterocycles. The van der Waals surface area contributed by atoms with E-state index >= 15 is 0 Å². The number of rotatable bonds is 8. The van der Waals surface area contributed by atoms with Crippen molar-refractivity contribution in [1.29, 1.82) is 5.26 Å². The molecule has 0 aromatic heterocycles. The molecule has 0 atom stereocenters. The minimum Gasteiger partial charge on any atom is -0.493 e. The number of hydrogen-bond donors (Lipinski definition) is 1. The Balaban J connectivity index is 1.87. The normalized spacial score (nSPS) is 9.86. The molecule has 9 heteroatoms. The predicted molar refractivity (Wildman–Crippen MR) is 104 cm³/mol. The number of nitriles is 1. The second-order valence-corrected chi connectivity index (χ2v) is 6.16. The minimum atomic E-state index is -0.788. The number of ether oxygens (including phenoxy) is 3. The van der Waals surface area contributed by atoms with Crippen molar-refractivity contribution in [2.45, 2.75) is 6.92 Å². The van der Waals surface area contributed by atoms with E-state index in [1.54, 1.807) is 0 Å². The zero-order valence-electron chi connectivity index (χ0n) is 15.7. The molecule has 0 bridgehead atoms. The van der Waals surface area contributed by atoms with Crippen molar-refractivity contribution >= 4 is 34.9 Å². The first-order valence-electron chi connectivity index (χ1n) is 8.31. The molecular formula is C20H17ClN2O6. The van der Waals surface area contributed by atoms with Crippen LogP contribution in [0.3, 0.4) is 0 Å². The zero-order chi connectivity index (χ0) is 21.4. The van der Waals surface area contributed by atoms with Gasteiger partial charge in [0.15, 0.2) is 30.5 Å². The third kappa shape index (κ3) is 6.23. The lowest BCUT2D eigenvalue weighted by molar-refractivity contribution is -0.149. The molecule has 0 heterocycles. The molecule has 150 valence electrons. The van der Waals surface area contributed by atoms with E-state index in [0.29, 0.717) is 10.6 Å². The van der Waals surface area contributed by atoms with E-state index in [1.165, 1.54) is 50.4 Å². The Kier molecular flexibility index (Phi) is 7.57. The SMILES string of the molecule is COc1cc(C(C)=O)ccc1OCC(=O)OCC(=O)Nc1cc(Cl)ccc1C#N. The molecule has 2 aromatic carbocycles. The number of nitrogens with zero attached hydrogens (tertiary/aromatic N) is 1. The number of ketones is 1. The lowest BCUT2D eigenvalue weighted by Crippen LogP contribution is -2.24. The highest BCUT2D eigenvalue weighted by Crippen LogP contribution is 2.28. The van der Waals surface area contributed by atoms with E-state index in [1.807, 2.05) is 6.07 Å². The van der Waals surface area contributed by atoms with Crippen LogP contribution in [0.2, 0.25) is 5.02 Å². The van der Waals surface area contributed by atoms with Crippen LogP contribution < -0.4 is 14.8 Å². The van der Waals surface area contributed by atoms with Crippen LogP contribution in [0.25, 0.3) is 0 Å². The number of methoxy groups -OCH3 is 1. The van der Waals surface area contributed by atoms with Gasteiger partial charge in [0.05, 0.1) is 18.4 Å². The predicted octanol–water partition coefficient (Wildman–Crippen LogP) is 2.98. The third-order valence-electron chi connectivity index (χ3n) is 3.66. The smallest absolute Gasteiger partial charge is 0.344 e. The highest BCUT2D eigenvalue weighted by molar-refractivity contribution is 6.31. The summed E-state index contributed by atoms with van der Waals surface area (Å²) in [5, 5.41) is 11.8. The Hall–Kier alpha value is -3.57. The van der Waals surface area contributed by atoms with Crippen LogP contribution in [0.4, 0.5) is 5.69 Å². The molecule has 0 saturated carbocycles. The molecular weight excluding hydrogens is 400 g/mol. The maximum Gasteiger partial charge on any atom is 0.344 e. The van der Waals surface area contributed by atoms with Crippen LogP contribution in [0.5, 0.6) is 11.5 Å². The van der Waals surface area contributed by atoms with Gasteiger partial charge in [-0.15, -0.1) is 0 Å². The van der Waals surface area contributed by atoms with Crippen molar-refractivity contribution in [3.05, 3.63) is 52.5 Å². The Morgan fingerprint density at radius 1 is 1.10 bits per heavy atom. The number of amides is 1. The summed E-state index contributed by atoms with van der Waals surface area (Å²) in [4.78, 5) is 35.2. The lowest BCUT2D eigenvalue weighted by Gasteiger charge is -2.11. The summed E-state index contributed by atoms with van der Waals surface area (Å²) < 4.78 is 15.3. The standard InChI is InChI=1S/C20H17ClN2O6/c1-12(24)13-4-6-17(18(7-13)27-2)28-11-20(26)29-10-19(25)23-16-8-15(21)5-3-14(16)9-22/h3-8H,10-11H2,1-2H3,(H,23,25). The Labute approximate surface area is 171 Å². The molecule has 0 fully saturated rings. The number of halogens is 1. The molecule has 1 amide bonds. The van der Waals surface area contributed by atoms with Gasteiger partial charge in [-0.05, 0) is 43.3 Å². The zero-order valence-corrected chi connectivity index (χ0v) is 16.4. The van der Waals surface area contributed by atoms with Gasteiger partial charge in [-0.1, -0.05) is 11.6 Å². The van der Waals surface area contributed by atoms with Crippen molar-refractivity contribution in [3.8, 4) is 17.6 Å². The van der Waals surface area contributed by atoms with Crippen molar-refractivity contribution in [2.24, 2.45) is 0 Å². The summed E-state index contributed by atoms with van der Waals surface area (Å²) in [6.07, 6.45) is 0. The Bertz CT molecular complexity index is 983. The van der Waals surface area contributed by atoms with Crippen LogP contribution in [-0.4, -0.2) is 38.0 Å². The van der Waals surface area contributed by atoms with Gasteiger partial charge in [0, 0.05) is 10.6 Å². The highest BCUT2D eigenvalue weighted by atomic mass is 35.5. The molecule has 0 saturated heterocycles. The maximum atomic E-state index is 11.9. The van der Waals surface area contributed by atoms with E-state index in [4.69, 9.17) is 31.1 Å². The summed E-state index contributed by atoms with van der Waals surface area (Å²) in [5.41, 5.74) is 0.873. The topological polar surface area (TPSA) is 115 Å². The van der Waals surface area contributed by atoms with Crippen LogP contribution in [0.15, 0.2) is 36.4 Å². The second kappa shape index (κ2) is 10.1. The number of benzene rings is 2. The highest BCUT2D eigenvalue weighted by Gasteiger charge is 2.13. The molecule has 29 heavy (non-hydrogen) atoms. The van der Waals surface area contributed by atoms with Crippen LogP contribution in [0.1, 0.15) is 22.8 Å². The van der Waals surface area contributed by atoms with Crippen LogP contribution in [0, 0.1) is 11.3 Å². The Morgan fingerprint density at radius 2 is 1.86 bits per heavy atom. The number of esters is 1. The van der Waals surface area contributed by atoms with Gasteiger partial charge in [0.25, 0.3) is 5.91 Å². The van der Waals surface area contributed by atoms with Gasteiger partial charge in [0.1, 0.15) is 6.07 Å². The summed E-state index contributed by atoms with van der Waals surface area (Å²) >= 11 is 5.84. The average molecular weight is 417 g/mol. The first-order chi connectivity index (χ1) is 13.8. The van der Waals surface area contributed by atoms with Crippen LogP contribution in [-0.2, 0) is 14.3 Å². The second-order valence-electron chi connectivity index (χ2n) is 5.72. The van der Waals surface area contributed by atoms with Crippen molar-refractivity contribution < 1.29 is 28.6 Å². The molecule has 1 N–H and O–H groups in total. The third-order valence-corrected chi connectivity index (χ3v) is 3.89. The number of Topliss-reactive ketones (excluding diaryl/α,β-unsaturated/α-hetero) is 1. The summed E-state index contributed by atoms with van der Waals surface area (Å²) in [6, 6.07) is 10.8. The molecule has 0 aliphatic carbocycles. The fourth-order valence-electron chi connectivity index (χ4n) is 2.23. The number of nitrogens with one attached hydrogen (secondary N) is 1. The molecule has 2 aromatic rings. The molecule has 2 rings (SSSR count). The van der Waals surface area contributed by atoms with Crippen molar-refractivity contribution in [1.82, 2.24) is 0 Å². The van der Waals surface area contributed by atoms with Gasteiger partial charge in [-0.25, -0.2) is 4.79 Å². The van der Waals surface area contributed by atoms with Gasteiger partial charge < -0.3 is 19.5 Å². The van der Waals surface area contributed by atoms with E-state index in [2.05, 4.69) is 5.32 Å². The minimum absolute atomic E-state index is 0.139. The average Bonchev–Trinajstić information content (AvgIpc) is 2.70. The molecule has 0 radical (unpaired) electrons. The number of hydrogen-bond acceptors (Lipinski definition) is 7. The molecule has 0 spiro atoms. The number of carbonyl (C=O) groups excluding carboxylic acids is 3. The largest absolute Gasteiger partial charge is 0.493 e. The lowest BCUT2D eigenvalue weighted by atomic mass is 10.1. The van der Waals surface area contributed by atoms with E-state index < -0.39 is 25.1 Å². The van der Waals surface area contributed by atoms with Gasteiger partial charge in [0.2, 0.25) is 0 Å². The van der Waals surface area contributed by atoms with E-state index in [9.17, 15) is 14.4 Å².